The minimum absolute atomic E-state index is 0.279. The van der Waals surface area contributed by atoms with Gasteiger partial charge in [0.1, 0.15) is 11.8 Å². The van der Waals surface area contributed by atoms with Crippen LogP contribution in [0.3, 0.4) is 0 Å². The summed E-state index contributed by atoms with van der Waals surface area (Å²) in [5.74, 6) is 0.522. The Morgan fingerprint density at radius 2 is 2.10 bits per heavy atom. The molecule has 2 atom stereocenters. The summed E-state index contributed by atoms with van der Waals surface area (Å²) in [6.07, 6.45) is 1.48. The number of benzene rings is 1. The van der Waals surface area contributed by atoms with E-state index in [1.54, 1.807) is 43.3 Å². The second-order valence-electron chi connectivity index (χ2n) is 4.35. The molecule has 1 aromatic heterocycles. The molecule has 2 aromatic rings. The standard InChI is InChI=1S/C15H17NO4S/c1-2-21(19)14-8-4-3-6-11(14)15(18)16-12(10-17)13-7-5-9-20-13/h3-9,12,17H,2,10H2,1H3,(H,16,18). The molecule has 0 saturated carbocycles. The lowest BCUT2D eigenvalue weighted by Crippen LogP contribution is -2.31. The Morgan fingerprint density at radius 3 is 2.71 bits per heavy atom. The smallest absolute Gasteiger partial charge is 0.253 e. The summed E-state index contributed by atoms with van der Waals surface area (Å²) in [6.45, 7) is 1.52. The Labute approximate surface area is 125 Å². The van der Waals surface area contributed by atoms with Crippen LogP contribution in [0.15, 0.2) is 52.0 Å². The highest BCUT2D eigenvalue weighted by Gasteiger charge is 2.20. The topological polar surface area (TPSA) is 79.5 Å². The Kier molecular flexibility index (Phi) is 5.30. The minimum atomic E-state index is -1.22. The molecule has 0 bridgehead atoms. The normalized spacial score (nSPS) is 13.6. The molecular weight excluding hydrogens is 290 g/mol. The lowest BCUT2D eigenvalue weighted by atomic mass is 10.1. The van der Waals surface area contributed by atoms with Crippen LogP contribution in [0.2, 0.25) is 0 Å². The molecule has 1 amide bonds. The number of furan rings is 1. The van der Waals surface area contributed by atoms with Crippen molar-refractivity contribution in [3.63, 3.8) is 0 Å². The van der Waals surface area contributed by atoms with E-state index >= 15 is 0 Å². The van der Waals surface area contributed by atoms with Gasteiger partial charge in [0.15, 0.2) is 0 Å². The predicted octanol–water partition coefficient (Wildman–Crippen LogP) is 1.87. The second kappa shape index (κ2) is 7.19. The van der Waals surface area contributed by atoms with Gasteiger partial charge in [-0.2, -0.15) is 0 Å². The van der Waals surface area contributed by atoms with Crippen LogP contribution in [0.1, 0.15) is 29.1 Å². The van der Waals surface area contributed by atoms with E-state index in [4.69, 9.17) is 4.42 Å². The molecule has 0 fully saturated rings. The van der Waals surface area contributed by atoms with E-state index < -0.39 is 16.8 Å². The Morgan fingerprint density at radius 1 is 1.33 bits per heavy atom. The maximum Gasteiger partial charge on any atom is 0.253 e. The second-order valence-corrected chi connectivity index (χ2v) is 6.06. The molecule has 0 spiro atoms. The lowest BCUT2D eigenvalue weighted by Gasteiger charge is -2.15. The van der Waals surface area contributed by atoms with Crippen molar-refractivity contribution in [2.24, 2.45) is 0 Å². The molecule has 2 rings (SSSR count). The Bertz CT molecular complexity index is 624. The molecule has 1 aromatic carbocycles. The first kappa shape index (κ1) is 15.5. The van der Waals surface area contributed by atoms with E-state index in [0.717, 1.165) is 0 Å². The summed E-state index contributed by atoms with van der Waals surface area (Å²) in [7, 11) is -1.22. The van der Waals surface area contributed by atoms with Crippen LogP contribution in [0, 0.1) is 0 Å². The quantitative estimate of drug-likeness (QED) is 0.854. The van der Waals surface area contributed by atoms with Gasteiger partial charge in [-0.05, 0) is 24.3 Å². The summed E-state index contributed by atoms with van der Waals surface area (Å²) in [6, 6.07) is 9.49. The third-order valence-corrected chi connectivity index (χ3v) is 4.38. The van der Waals surface area contributed by atoms with Crippen molar-refractivity contribution >= 4 is 16.7 Å². The van der Waals surface area contributed by atoms with Crippen LogP contribution in [0.4, 0.5) is 0 Å². The van der Waals surface area contributed by atoms with E-state index in [2.05, 4.69) is 5.32 Å². The van der Waals surface area contributed by atoms with Crippen molar-refractivity contribution in [3.8, 4) is 0 Å². The number of amides is 1. The summed E-state index contributed by atoms with van der Waals surface area (Å²) >= 11 is 0. The van der Waals surface area contributed by atoms with E-state index in [9.17, 15) is 14.1 Å². The largest absolute Gasteiger partial charge is 0.467 e. The van der Waals surface area contributed by atoms with Crippen molar-refractivity contribution in [1.82, 2.24) is 5.32 Å². The average Bonchev–Trinajstić information content (AvgIpc) is 3.05. The first-order valence-corrected chi connectivity index (χ1v) is 7.91. The number of carbonyl (C=O) groups is 1. The van der Waals surface area contributed by atoms with Crippen molar-refractivity contribution in [3.05, 3.63) is 54.0 Å². The van der Waals surface area contributed by atoms with Crippen LogP contribution >= 0.6 is 0 Å². The fourth-order valence-electron chi connectivity index (χ4n) is 1.94. The van der Waals surface area contributed by atoms with Gasteiger partial charge in [-0.15, -0.1) is 0 Å². The van der Waals surface area contributed by atoms with Gasteiger partial charge in [-0.25, -0.2) is 0 Å². The molecule has 2 N–H and O–H groups in total. The number of rotatable bonds is 6. The van der Waals surface area contributed by atoms with Gasteiger partial charge in [0.2, 0.25) is 0 Å². The van der Waals surface area contributed by atoms with Gasteiger partial charge >= 0.3 is 0 Å². The SMILES string of the molecule is CCS(=O)c1ccccc1C(=O)NC(CO)c1ccco1. The Balaban J connectivity index is 2.22. The fraction of sp³-hybridized carbons (Fsp3) is 0.267. The maximum atomic E-state index is 12.4. The molecule has 0 radical (unpaired) electrons. The molecule has 21 heavy (non-hydrogen) atoms. The molecule has 0 aliphatic heterocycles. The first-order chi connectivity index (χ1) is 10.2. The van der Waals surface area contributed by atoms with Gasteiger partial charge in [0.25, 0.3) is 5.91 Å². The van der Waals surface area contributed by atoms with Crippen LogP contribution in [-0.2, 0) is 10.8 Å². The molecule has 0 aliphatic rings. The minimum Gasteiger partial charge on any atom is -0.467 e. The van der Waals surface area contributed by atoms with E-state index in [-0.39, 0.29) is 12.5 Å². The maximum absolute atomic E-state index is 12.4. The highest BCUT2D eigenvalue weighted by atomic mass is 32.2. The van der Waals surface area contributed by atoms with Crippen LogP contribution < -0.4 is 5.32 Å². The van der Waals surface area contributed by atoms with Crippen molar-refractivity contribution < 1.29 is 18.5 Å². The van der Waals surface area contributed by atoms with E-state index in [1.165, 1.54) is 6.26 Å². The monoisotopic (exact) mass is 307 g/mol. The molecule has 6 heteroatoms. The average molecular weight is 307 g/mol. The van der Waals surface area contributed by atoms with Gasteiger partial charge in [0.05, 0.1) is 34.1 Å². The summed E-state index contributed by atoms with van der Waals surface area (Å²) in [4.78, 5) is 12.8. The number of nitrogens with one attached hydrogen (secondary N) is 1. The number of hydrogen-bond acceptors (Lipinski definition) is 4. The molecule has 112 valence electrons. The predicted molar refractivity (Wildman–Crippen MR) is 79.4 cm³/mol. The highest BCUT2D eigenvalue weighted by molar-refractivity contribution is 7.85. The highest BCUT2D eigenvalue weighted by Crippen LogP contribution is 2.17. The van der Waals surface area contributed by atoms with Gasteiger partial charge in [-0.1, -0.05) is 19.1 Å². The summed E-state index contributed by atoms with van der Waals surface area (Å²) < 4.78 is 17.2. The van der Waals surface area contributed by atoms with Gasteiger partial charge in [0, 0.05) is 5.75 Å². The van der Waals surface area contributed by atoms with Gasteiger partial charge in [-0.3, -0.25) is 9.00 Å². The number of aliphatic hydroxyl groups is 1. The third-order valence-electron chi connectivity index (χ3n) is 3.01. The van der Waals surface area contributed by atoms with E-state index in [0.29, 0.717) is 22.0 Å². The fourth-order valence-corrected chi connectivity index (χ4v) is 2.89. The van der Waals surface area contributed by atoms with Gasteiger partial charge < -0.3 is 14.8 Å². The zero-order chi connectivity index (χ0) is 15.2. The molecular formula is C15H17NO4S. The van der Waals surface area contributed by atoms with Crippen molar-refractivity contribution in [1.29, 1.82) is 0 Å². The summed E-state index contributed by atoms with van der Waals surface area (Å²) in [5, 5.41) is 12.1. The number of aliphatic hydroxyl groups excluding tert-OH is 1. The van der Waals surface area contributed by atoms with Crippen LogP contribution in [-0.4, -0.2) is 27.6 Å². The number of hydrogen-bond donors (Lipinski definition) is 2. The Hall–Kier alpha value is -1.92. The number of carbonyl (C=O) groups excluding carboxylic acids is 1. The molecule has 0 aliphatic carbocycles. The van der Waals surface area contributed by atoms with Crippen molar-refractivity contribution in [2.75, 3.05) is 12.4 Å². The lowest BCUT2D eigenvalue weighted by molar-refractivity contribution is 0.0904. The molecule has 0 saturated heterocycles. The first-order valence-electron chi connectivity index (χ1n) is 6.60. The zero-order valence-corrected chi connectivity index (χ0v) is 12.4. The van der Waals surface area contributed by atoms with Crippen LogP contribution in [0.5, 0.6) is 0 Å². The molecule has 1 heterocycles. The van der Waals surface area contributed by atoms with Crippen molar-refractivity contribution in [2.45, 2.75) is 17.9 Å². The van der Waals surface area contributed by atoms with E-state index in [1.807, 2.05) is 0 Å². The van der Waals surface area contributed by atoms with Crippen LogP contribution in [0.25, 0.3) is 0 Å². The third kappa shape index (κ3) is 3.59. The summed E-state index contributed by atoms with van der Waals surface area (Å²) in [5.41, 5.74) is 0.350. The zero-order valence-electron chi connectivity index (χ0n) is 11.6. The molecule has 5 nitrogen and oxygen atoms in total. The molecule has 2 unspecified atom stereocenters.